The molecular formula is C18H19N3O5. The summed E-state index contributed by atoms with van der Waals surface area (Å²) in [4.78, 5) is 12.7. The number of hydrogen-bond acceptors (Lipinski definition) is 7. The molecule has 8 heteroatoms. The molecule has 1 aromatic carbocycles. The van der Waals surface area contributed by atoms with Crippen molar-refractivity contribution in [1.29, 1.82) is 0 Å². The van der Waals surface area contributed by atoms with Gasteiger partial charge in [-0.05, 0) is 43.2 Å². The summed E-state index contributed by atoms with van der Waals surface area (Å²) in [5, 5.41) is 18.6. The van der Waals surface area contributed by atoms with Crippen molar-refractivity contribution < 1.29 is 19.2 Å². The van der Waals surface area contributed by atoms with Gasteiger partial charge in [-0.3, -0.25) is 4.79 Å². The minimum atomic E-state index is -0.956. The van der Waals surface area contributed by atoms with Crippen LogP contribution in [-0.2, 0) is 0 Å². The van der Waals surface area contributed by atoms with Gasteiger partial charge in [-0.2, -0.15) is 0 Å². The molecule has 3 heterocycles. The van der Waals surface area contributed by atoms with E-state index in [1.165, 1.54) is 10.6 Å². The minimum Gasteiger partial charge on any atom is -0.494 e. The second-order valence-electron chi connectivity index (χ2n) is 6.78. The van der Waals surface area contributed by atoms with Crippen LogP contribution in [0.2, 0.25) is 0 Å². The Labute approximate surface area is 148 Å². The summed E-state index contributed by atoms with van der Waals surface area (Å²) < 4.78 is 17.6. The van der Waals surface area contributed by atoms with E-state index in [9.17, 15) is 9.90 Å². The lowest BCUT2D eigenvalue weighted by Crippen LogP contribution is -2.52. The summed E-state index contributed by atoms with van der Waals surface area (Å²) >= 11 is 0. The van der Waals surface area contributed by atoms with E-state index in [0.717, 1.165) is 0 Å². The molecule has 4 rings (SSSR count). The molecule has 0 radical (unpaired) electrons. The predicted octanol–water partition coefficient (Wildman–Crippen LogP) is 1.90. The fraction of sp³-hybridized carbons (Fsp3) is 0.389. The first-order chi connectivity index (χ1) is 12.4. The van der Waals surface area contributed by atoms with Crippen molar-refractivity contribution in [3.63, 3.8) is 0 Å². The van der Waals surface area contributed by atoms with E-state index >= 15 is 0 Å². The zero-order valence-electron chi connectivity index (χ0n) is 14.7. The van der Waals surface area contributed by atoms with Crippen LogP contribution in [-0.4, -0.2) is 38.3 Å². The van der Waals surface area contributed by atoms with Gasteiger partial charge in [-0.25, -0.2) is 4.63 Å². The second kappa shape index (κ2) is 5.84. The lowest BCUT2D eigenvalue weighted by molar-refractivity contribution is -0.0641. The quantitative estimate of drug-likeness (QED) is 0.764. The molecule has 0 saturated heterocycles. The molecule has 1 aliphatic rings. The first-order valence-electron chi connectivity index (χ1n) is 8.39. The number of aliphatic hydroxyl groups excluding tert-OH is 1. The van der Waals surface area contributed by atoms with E-state index in [1.54, 1.807) is 38.2 Å². The number of rotatable bonds is 3. The topological polar surface area (TPSA) is 99.6 Å². The molecule has 8 nitrogen and oxygen atoms in total. The first-order valence-corrected chi connectivity index (χ1v) is 8.39. The maximum atomic E-state index is 12.7. The van der Waals surface area contributed by atoms with E-state index < -0.39 is 17.7 Å². The Hall–Kier alpha value is -2.87. The number of aliphatic hydroxyl groups is 1. The van der Waals surface area contributed by atoms with Crippen LogP contribution in [0.5, 0.6) is 11.5 Å². The molecule has 136 valence electrons. The highest BCUT2D eigenvalue weighted by molar-refractivity contribution is 5.77. The summed E-state index contributed by atoms with van der Waals surface area (Å²) in [6, 6.07) is 5.91. The van der Waals surface area contributed by atoms with Crippen LogP contribution in [0.15, 0.2) is 39.9 Å². The van der Waals surface area contributed by atoms with Gasteiger partial charge in [0, 0.05) is 23.9 Å². The van der Waals surface area contributed by atoms with E-state index in [0.29, 0.717) is 34.7 Å². The molecule has 2 unspecified atom stereocenters. The van der Waals surface area contributed by atoms with Crippen LogP contribution >= 0.6 is 0 Å². The molecule has 26 heavy (non-hydrogen) atoms. The molecular weight excluding hydrogens is 338 g/mol. The van der Waals surface area contributed by atoms with Crippen molar-refractivity contribution in [2.45, 2.75) is 38.5 Å². The number of fused-ring (bicyclic) bond motifs is 2. The molecule has 2 aromatic heterocycles. The van der Waals surface area contributed by atoms with E-state index in [1.807, 2.05) is 6.92 Å². The maximum Gasteiger partial charge on any atom is 0.254 e. The Kier molecular flexibility index (Phi) is 3.73. The Balaban J connectivity index is 1.91. The number of hydrogen-bond donors (Lipinski definition) is 1. The number of benzene rings is 1. The maximum absolute atomic E-state index is 12.7. The van der Waals surface area contributed by atoms with Crippen molar-refractivity contribution >= 4 is 11.0 Å². The van der Waals surface area contributed by atoms with Crippen molar-refractivity contribution in [2.75, 3.05) is 6.61 Å². The van der Waals surface area contributed by atoms with Gasteiger partial charge >= 0.3 is 0 Å². The van der Waals surface area contributed by atoms with Crippen molar-refractivity contribution in [3.05, 3.63) is 46.4 Å². The van der Waals surface area contributed by atoms with Gasteiger partial charge in [0.15, 0.2) is 0 Å². The number of pyridine rings is 1. The van der Waals surface area contributed by atoms with Gasteiger partial charge in [0.1, 0.15) is 34.2 Å². The zero-order valence-corrected chi connectivity index (χ0v) is 14.7. The number of ether oxygens (including phenoxy) is 2. The number of nitrogens with zero attached hydrogens (tertiary/aromatic N) is 3. The largest absolute Gasteiger partial charge is 0.494 e. The van der Waals surface area contributed by atoms with E-state index in [4.69, 9.17) is 14.1 Å². The van der Waals surface area contributed by atoms with E-state index in [-0.39, 0.29) is 5.56 Å². The molecule has 2 atom stereocenters. The highest BCUT2D eigenvalue weighted by Crippen LogP contribution is 2.42. The van der Waals surface area contributed by atoms with Crippen LogP contribution in [0.3, 0.4) is 0 Å². The fourth-order valence-electron chi connectivity index (χ4n) is 3.30. The Morgan fingerprint density at radius 1 is 1.27 bits per heavy atom. The summed E-state index contributed by atoms with van der Waals surface area (Å²) in [6.45, 7) is 5.87. The molecule has 0 spiro atoms. The molecule has 0 amide bonds. The van der Waals surface area contributed by atoms with Crippen LogP contribution in [0.4, 0.5) is 0 Å². The molecule has 3 aromatic rings. The lowest BCUT2D eigenvalue weighted by Gasteiger charge is -2.42. The lowest BCUT2D eigenvalue weighted by atomic mass is 9.86. The summed E-state index contributed by atoms with van der Waals surface area (Å²) in [5.74, 6) is 1.03. The summed E-state index contributed by atoms with van der Waals surface area (Å²) in [5.41, 5.74) is 0.547. The third-order valence-electron chi connectivity index (χ3n) is 4.62. The van der Waals surface area contributed by atoms with Gasteiger partial charge in [0.25, 0.3) is 5.56 Å². The van der Waals surface area contributed by atoms with Crippen molar-refractivity contribution in [1.82, 2.24) is 14.9 Å². The monoisotopic (exact) mass is 357 g/mol. The van der Waals surface area contributed by atoms with Crippen LogP contribution in [0.1, 0.15) is 32.4 Å². The highest BCUT2D eigenvalue weighted by Gasteiger charge is 2.44. The van der Waals surface area contributed by atoms with Gasteiger partial charge < -0.3 is 19.1 Å². The molecule has 1 N–H and O–H groups in total. The molecule has 0 aliphatic carbocycles. The van der Waals surface area contributed by atoms with Crippen molar-refractivity contribution in [3.8, 4) is 11.5 Å². The van der Waals surface area contributed by atoms with Crippen molar-refractivity contribution in [2.24, 2.45) is 0 Å². The van der Waals surface area contributed by atoms with Gasteiger partial charge in [-0.15, -0.1) is 0 Å². The Morgan fingerprint density at radius 3 is 2.69 bits per heavy atom. The normalized spacial score (nSPS) is 21.2. The Bertz CT molecular complexity index is 1020. The van der Waals surface area contributed by atoms with Crippen LogP contribution in [0.25, 0.3) is 11.0 Å². The SMILES string of the molecule is CCOc1ccn(C2c3cc4nonc4cc3OC(C)(C)C2O)c(=O)c1. The molecule has 0 bridgehead atoms. The molecule has 0 fully saturated rings. The number of aromatic nitrogens is 3. The first kappa shape index (κ1) is 16.6. The van der Waals surface area contributed by atoms with Crippen LogP contribution < -0.4 is 15.0 Å². The standard InChI is InChI=1S/C18H19N3O5/c1-4-24-10-5-6-21(15(22)7-10)16-11-8-12-13(20-26-19-12)9-14(11)25-18(2,3)17(16)23/h5-9,16-17,23H,4H2,1-3H3. The summed E-state index contributed by atoms with van der Waals surface area (Å²) in [7, 11) is 0. The zero-order chi connectivity index (χ0) is 18.5. The molecule has 0 saturated carbocycles. The average molecular weight is 357 g/mol. The minimum absolute atomic E-state index is 0.276. The van der Waals surface area contributed by atoms with Crippen LogP contribution in [0, 0.1) is 0 Å². The van der Waals surface area contributed by atoms with E-state index in [2.05, 4.69) is 10.3 Å². The summed E-state index contributed by atoms with van der Waals surface area (Å²) in [6.07, 6.45) is 0.667. The predicted molar refractivity (Wildman–Crippen MR) is 92.5 cm³/mol. The fourth-order valence-corrected chi connectivity index (χ4v) is 3.30. The Morgan fingerprint density at radius 2 is 2.00 bits per heavy atom. The highest BCUT2D eigenvalue weighted by atomic mass is 16.6. The van der Waals surface area contributed by atoms with Gasteiger partial charge in [0.05, 0.1) is 12.6 Å². The van der Waals surface area contributed by atoms with Gasteiger partial charge in [-0.1, -0.05) is 0 Å². The molecule has 1 aliphatic heterocycles. The smallest absolute Gasteiger partial charge is 0.254 e. The van der Waals surface area contributed by atoms with Gasteiger partial charge in [0.2, 0.25) is 0 Å². The third kappa shape index (κ3) is 2.53. The average Bonchev–Trinajstić information content (AvgIpc) is 3.03. The third-order valence-corrected chi connectivity index (χ3v) is 4.62. The second-order valence-corrected chi connectivity index (χ2v) is 6.78.